The van der Waals surface area contributed by atoms with Gasteiger partial charge in [-0.2, -0.15) is 0 Å². The van der Waals surface area contributed by atoms with Crippen molar-refractivity contribution in [2.24, 2.45) is 0 Å². The Balaban J connectivity index is 2.94. The van der Waals surface area contributed by atoms with Crippen molar-refractivity contribution in [2.75, 3.05) is 6.61 Å². The molecular formula is C17H26O3Si. The van der Waals surface area contributed by atoms with Gasteiger partial charge in [-0.15, -0.1) is 0 Å². The van der Waals surface area contributed by atoms with Crippen LogP contribution in [0.5, 0.6) is 0 Å². The second-order valence-corrected chi connectivity index (χ2v) is 9.32. The molecule has 0 aliphatic carbocycles. The minimum Gasteiger partial charge on any atom is -0.542 e. The first-order valence-electron chi connectivity index (χ1n) is 7.49. The van der Waals surface area contributed by atoms with Crippen LogP contribution in [0.4, 0.5) is 0 Å². The van der Waals surface area contributed by atoms with Crippen LogP contribution in [0, 0.1) is 0 Å². The molecule has 21 heavy (non-hydrogen) atoms. The third kappa shape index (κ3) is 5.38. The highest BCUT2D eigenvalue weighted by atomic mass is 28.4. The zero-order chi connectivity index (χ0) is 15.9. The van der Waals surface area contributed by atoms with Crippen LogP contribution in [-0.2, 0) is 14.0 Å². The van der Waals surface area contributed by atoms with Crippen molar-refractivity contribution in [2.45, 2.75) is 46.7 Å². The van der Waals surface area contributed by atoms with E-state index in [1.807, 2.05) is 32.0 Å². The smallest absolute Gasteiger partial charge is 0.313 e. The summed E-state index contributed by atoms with van der Waals surface area (Å²) in [5.41, 5.74) is 1.11. The Morgan fingerprint density at radius 1 is 1.14 bits per heavy atom. The summed E-state index contributed by atoms with van der Waals surface area (Å²) in [6, 6.07) is 10.2. The maximum Gasteiger partial charge on any atom is 0.313 e. The lowest BCUT2D eigenvalue weighted by Crippen LogP contribution is -2.44. The number of carbonyl (C=O) groups is 1. The topological polar surface area (TPSA) is 35.5 Å². The van der Waals surface area contributed by atoms with Gasteiger partial charge in [0, 0.05) is 0 Å². The maximum atomic E-state index is 11.8. The van der Waals surface area contributed by atoms with E-state index in [0.717, 1.165) is 17.8 Å². The average molecular weight is 306 g/mol. The molecule has 4 heteroatoms. The van der Waals surface area contributed by atoms with Crippen LogP contribution >= 0.6 is 0 Å². The lowest BCUT2D eigenvalue weighted by Gasteiger charge is -2.27. The largest absolute Gasteiger partial charge is 0.542 e. The van der Waals surface area contributed by atoms with Gasteiger partial charge in [-0.05, 0) is 44.1 Å². The monoisotopic (exact) mass is 306 g/mol. The lowest BCUT2D eigenvalue weighted by molar-refractivity contribution is -0.142. The van der Waals surface area contributed by atoms with Gasteiger partial charge < -0.3 is 9.16 Å². The molecule has 116 valence electrons. The van der Waals surface area contributed by atoms with E-state index in [2.05, 4.69) is 32.2 Å². The van der Waals surface area contributed by atoms with Gasteiger partial charge >= 0.3 is 5.97 Å². The van der Waals surface area contributed by atoms with Crippen LogP contribution < -0.4 is 5.19 Å². The van der Waals surface area contributed by atoms with Gasteiger partial charge in [-0.3, -0.25) is 4.79 Å². The van der Waals surface area contributed by atoms with Gasteiger partial charge in [0.15, 0.2) is 0 Å². The number of hydrogen-bond donors (Lipinski definition) is 0. The normalized spacial score (nSPS) is 12.6. The highest BCUT2D eigenvalue weighted by Gasteiger charge is 2.29. The van der Waals surface area contributed by atoms with Gasteiger partial charge in [0.2, 0.25) is 0 Å². The fourth-order valence-electron chi connectivity index (χ4n) is 2.02. The number of benzene rings is 1. The summed E-state index contributed by atoms with van der Waals surface area (Å²) in [5, 5.41) is 1.22. The number of esters is 1. The highest BCUT2D eigenvalue weighted by Crippen LogP contribution is 2.20. The van der Waals surface area contributed by atoms with Gasteiger partial charge in [0.25, 0.3) is 8.32 Å². The quantitative estimate of drug-likeness (QED) is 0.437. The molecule has 0 amide bonds. The fourth-order valence-corrected chi connectivity index (χ4v) is 4.00. The van der Waals surface area contributed by atoms with E-state index >= 15 is 0 Å². The predicted octanol–water partition coefficient (Wildman–Crippen LogP) is 3.75. The Bertz CT molecular complexity index is 492. The first kappa shape index (κ1) is 17.5. The molecule has 1 aromatic rings. The molecule has 1 aromatic carbocycles. The van der Waals surface area contributed by atoms with Gasteiger partial charge in [0.05, 0.1) is 12.4 Å². The summed E-state index contributed by atoms with van der Waals surface area (Å²) in [7, 11) is -2.08. The molecule has 3 nitrogen and oxygen atoms in total. The van der Waals surface area contributed by atoms with Crippen LogP contribution in [-0.4, -0.2) is 20.9 Å². The molecule has 0 aromatic heterocycles. The van der Waals surface area contributed by atoms with Crippen molar-refractivity contribution in [3.8, 4) is 0 Å². The average Bonchev–Trinajstić information content (AvgIpc) is 2.46. The molecule has 0 heterocycles. The van der Waals surface area contributed by atoms with E-state index in [0.29, 0.717) is 6.61 Å². The molecule has 0 N–H and O–H groups in total. The Morgan fingerprint density at radius 2 is 1.76 bits per heavy atom. The molecule has 0 spiro atoms. The molecule has 1 rings (SSSR count). The molecule has 0 radical (unpaired) electrons. The molecule has 0 bridgehead atoms. The first-order chi connectivity index (χ1) is 9.90. The van der Waals surface area contributed by atoms with Crippen LogP contribution in [0.25, 0.3) is 0 Å². The summed E-state index contributed by atoms with van der Waals surface area (Å²) in [6.07, 6.45) is 1.09. The van der Waals surface area contributed by atoms with Crippen molar-refractivity contribution < 1.29 is 14.0 Å². The first-order valence-corrected chi connectivity index (χ1v) is 10.4. The van der Waals surface area contributed by atoms with Crippen LogP contribution in [0.3, 0.4) is 0 Å². The summed E-state index contributed by atoms with van der Waals surface area (Å²) >= 11 is 0. The predicted molar refractivity (Wildman–Crippen MR) is 88.9 cm³/mol. The third-order valence-electron chi connectivity index (χ3n) is 3.46. The van der Waals surface area contributed by atoms with E-state index in [1.165, 1.54) is 5.19 Å². The molecule has 0 saturated heterocycles. The van der Waals surface area contributed by atoms with E-state index in [9.17, 15) is 4.79 Å². The zero-order valence-corrected chi connectivity index (χ0v) is 14.7. The standard InChI is InChI=1S/C17H26O3Si/c1-6-14(3)16(13-17(18)19-7-2)20-21(4,5)15-11-9-8-10-12-15/h8-12H,6-7,13H2,1-5H3/b16-14-. The van der Waals surface area contributed by atoms with E-state index < -0.39 is 8.32 Å². The van der Waals surface area contributed by atoms with Gasteiger partial charge in [0.1, 0.15) is 6.42 Å². The van der Waals surface area contributed by atoms with Crippen molar-refractivity contribution in [1.29, 1.82) is 0 Å². The van der Waals surface area contributed by atoms with Crippen LogP contribution in [0.2, 0.25) is 13.1 Å². The minimum atomic E-state index is -2.08. The summed E-state index contributed by atoms with van der Waals surface area (Å²) in [5.74, 6) is 0.551. The summed E-state index contributed by atoms with van der Waals surface area (Å²) < 4.78 is 11.4. The number of hydrogen-bond acceptors (Lipinski definition) is 3. The van der Waals surface area contributed by atoms with Crippen molar-refractivity contribution in [1.82, 2.24) is 0 Å². The minimum absolute atomic E-state index is 0.219. The zero-order valence-electron chi connectivity index (χ0n) is 13.7. The molecule has 0 fully saturated rings. The second kappa shape index (κ2) is 8.03. The summed E-state index contributed by atoms with van der Waals surface area (Å²) in [6.45, 7) is 10.6. The van der Waals surface area contributed by atoms with Crippen LogP contribution in [0.15, 0.2) is 41.7 Å². The number of carbonyl (C=O) groups excluding carboxylic acids is 1. The van der Waals surface area contributed by atoms with Gasteiger partial charge in [-0.1, -0.05) is 37.3 Å². The number of rotatable bonds is 7. The Hall–Kier alpha value is -1.55. The van der Waals surface area contributed by atoms with Crippen LogP contribution in [0.1, 0.15) is 33.6 Å². The van der Waals surface area contributed by atoms with Crippen molar-refractivity contribution >= 4 is 19.5 Å². The highest BCUT2D eigenvalue weighted by molar-refractivity contribution is 6.84. The summed E-state index contributed by atoms with van der Waals surface area (Å²) in [4.78, 5) is 11.8. The second-order valence-electron chi connectivity index (χ2n) is 5.52. The Kier molecular flexibility index (Phi) is 6.69. The molecule has 0 atom stereocenters. The van der Waals surface area contributed by atoms with E-state index in [4.69, 9.17) is 9.16 Å². The third-order valence-corrected chi connectivity index (χ3v) is 5.94. The number of allylic oxidation sites excluding steroid dienone is 1. The molecule has 0 aliphatic heterocycles. The SMILES string of the molecule is CCOC(=O)C/C(O[Si](C)(C)c1ccccc1)=C(\C)CC. The van der Waals surface area contributed by atoms with Gasteiger partial charge in [-0.25, -0.2) is 0 Å². The molecular weight excluding hydrogens is 280 g/mol. The lowest BCUT2D eigenvalue weighted by atomic mass is 10.1. The fraction of sp³-hybridized carbons (Fsp3) is 0.471. The molecule has 0 unspecified atom stereocenters. The van der Waals surface area contributed by atoms with E-state index in [-0.39, 0.29) is 12.4 Å². The van der Waals surface area contributed by atoms with Crippen molar-refractivity contribution in [3.63, 3.8) is 0 Å². The number of ether oxygens (including phenoxy) is 1. The maximum absolute atomic E-state index is 11.8. The van der Waals surface area contributed by atoms with Crippen molar-refractivity contribution in [3.05, 3.63) is 41.7 Å². The van der Waals surface area contributed by atoms with E-state index in [1.54, 1.807) is 0 Å². The molecule has 0 saturated carbocycles. The Morgan fingerprint density at radius 3 is 2.29 bits per heavy atom. The Labute approximate surface area is 129 Å². The molecule has 0 aliphatic rings.